The lowest BCUT2D eigenvalue weighted by Gasteiger charge is -2.17. The number of nitrogens with zero attached hydrogens (tertiary/aromatic N) is 3. The van der Waals surface area contributed by atoms with Crippen molar-refractivity contribution in [3.63, 3.8) is 0 Å². The van der Waals surface area contributed by atoms with Crippen molar-refractivity contribution >= 4 is 17.5 Å². The summed E-state index contributed by atoms with van der Waals surface area (Å²) in [6.07, 6.45) is 2.45. The minimum atomic E-state index is -0.120. The summed E-state index contributed by atoms with van der Waals surface area (Å²) in [5, 5.41) is 0.311. The fourth-order valence-electron chi connectivity index (χ4n) is 2.17. The van der Waals surface area contributed by atoms with Crippen LogP contribution in [-0.4, -0.2) is 40.4 Å². The standard InChI is InChI=1S/C13H19ClN4O/c1-8(2)12-16-6-10(14)11(17-12)13(19)18-4-3-9(5-15)7-18/h6,8-9H,3-5,7,15H2,1-2H3/t9-/m0/s1. The average Bonchev–Trinajstić information content (AvgIpc) is 2.87. The van der Waals surface area contributed by atoms with Crippen LogP contribution in [0.15, 0.2) is 6.20 Å². The fraction of sp³-hybridized carbons (Fsp3) is 0.615. The van der Waals surface area contributed by atoms with Gasteiger partial charge in [0.15, 0.2) is 5.69 Å². The van der Waals surface area contributed by atoms with Gasteiger partial charge in [0, 0.05) is 19.0 Å². The van der Waals surface area contributed by atoms with Crippen LogP contribution in [0.3, 0.4) is 0 Å². The van der Waals surface area contributed by atoms with E-state index in [0.717, 1.165) is 13.0 Å². The molecular weight excluding hydrogens is 264 g/mol. The van der Waals surface area contributed by atoms with Gasteiger partial charge in [0.25, 0.3) is 5.91 Å². The topological polar surface area (TPSA) is 72.1 Å². The number of rotatable bonds is 3. The minimum Gasteiger partial charge on any atom is -0.337 e. The molecule has 0 bridgehead atoms. The van der Waals surface area contributed by atoms with Gasteiger partial charge in [-0.05, 0) is 18.9 Å². The van der Waals surface area contributed by atoms with E-state index < -0.39 is 0 Å². The first-order chi connectivity index (χ1) is 9.02. The molecule has 1 atom stereocenters. The molecule has 1 aromatic heterocycles. The lowest BCUT2D eigenvalue weighted by atomic mass is 10.1. The van der Waals surface area contributed by atoms with Crippen molar-refractivity contribution in [3.8, 4) is 0 Å². The van der Waals surface area contributed by atoms with Crippen molar-refractivity contribution in [2.45, 2.75) is 26.2 Å². The molecule has 1 aromatic rings. The summed E-state index contributed by atoms with van der Waals surface area (Å²) in [7, 11) is 0. The Morgan fingerprint density at radius 2 is 2.37 bits per heavy atom. The second-order valence-corrected chi connectivity index (χ2v) is 5.63. The van der Waals surface area contributed by atoms with E-state index in [4.69, 9.17) is 17.3 Å². The molecule has 2 N–H and O–H groups in total. The Morgan fingerprint density at radius 3 is 2.95 bits per heavy atom. The fourth-order valence-corrected chi connectivity index (χ4v) is 2.34. The van der Waals surface area contributed by atoms with Crippen LogP contribution in [0, 0.1) is 5.92 Å². The van der Waals surface area contributed by atoms with Crippen molar-refractivity contribution in [2.75, 3.05) is 19.6 Å². The van der Waals surface area contributed by atoms with Gasteiger partial charge in [0.05, 0.1) is 11.2 Å². The molecule has 104 valence electrons. The molecule has 1 aliphatic rings. The highest BCUT2D eigenvalue weighted by atomic mass is 35.5. The van der Waals surface area contributed by atoms with E-state index in [2.05, 4.69) is 9.97 Å². The smallest absolute Gasteiger partial charge is 0.274 e. The molecule has 0 radical (unpaired) electrons. The normalized spacial score (nSPS) is 19.2. The second-order valence-electron chi connectivity index (χ2n) is 5.22. The molecule has 2 rings (SSSR count). The molecule has 0 unspecified atom stereocenters. The average molecular weight is 283 g/mol. The molecule has 0 aromatic carbocycles. The van der Waals surface area contributed by atoms with Crippen LogP contribution in [0.1, 0.15) is 42.5 Å². The number of amides is 1. The third-order valence-corrected chi connectivity index (χ3v) is 3.66. The van der Waals surface area contributed by atoms with Gasteiger partial charge in [-0.2, -0.15) is 0 Å². The lowest BCUT2D eigenvalue weighted by Crippen LogP contribution is -2.31. The second kappa shape index (κ2) is 5.84. The summed E-state index contributed by atoms with van der Waals surface area (Å²) >= 11 is 6.05. The number of hydrogen-bond donors (Lipinski definition) is 1. The van der Waals surface area contributed by atoms with E-state index in [1.54, 1.807) is 4.90 Å². The van der Waals surface area contributed by atoms with Crippen LogP contribution in [0.5, 0.6) is 0 Å². The summed E-state index contributed by atoms with van der Waals surface area (Å²) in [5.74, 6) is 1.07. The summed E-state index contributed by atoms with van der Waals surface area (Å²) in [5.41, 5.74) is 5.94. The SMILES string of the molecule is CC(C)c1ncc(Cl)c(C(=O)N2CC[C@@H](CN)C2)n1. The van der Waals surface area contributed by atoms with Crippen LogP contribution in [-0.2, 0) is 0 Å². The number of likely N-dealkylation sites (tertiary alicyclic amines) is 1. The zero-order valence-corrected chi connectivity index (χ0v) is 12.0. The van der Waals surface area contributed by atoms with Crippen LogP contribution >= 0.6 is 11.6 Å². The zero-order valence-electron chi connectivity index (χ0n) is 11.3. The van der Waals surface area contributed by atoms with E-state index in [-0.39, 0.29) is 11.8 Å². The highest BCUT2D eigenvalue weighted by molar-refractivity contribution is 6.33. The van der Waals surface area contributed by atoms with Crippen LogP contribution in [0.4, 0.5) is 0 Å². The highest BCUT2D eigenvalue weighted by Gasteiger charge is 2.28. The molecule has 5 nitrogen and oxygen atoms in total. The Kier molecular flexibility index (Phi) is 4.37. The van der Waals surface area contributed by atoms with E-state index >= 15 is 0 Å². The molecule has 1 amide bonds. The van der Waals surface area contributed by atoms with Gasteiger partial charge >= 0.3 is 0 Å². The first-order valence-electron chi connectivity index (χ1n) is 6.54. The van der Waals surface area contributed by atoms with Gasteiger partial charge in [-0.1, -0.05) is 25.4 Å². The first kappa shape index (κ1) is 14.2. The molecule has 19 heavy (non-hydrogen) atoms. The largest absolute Gasteiger partial charge is 0.337 e. The van der Waals surface area contributed by atoms with Crippen molar-refractivity contribution < 1.29 is 4.79 Å². The van der Waals surface area contributed by atoms with Gasteiger partial charge in [-0.15, -0.1) is 0 Å². The Labute approximate surface area is 118 Å². The lowest BCUT2D eigenvalue weighted by molar-refractivity contribution is 0.0781. The van der Waals surface area contributed by atoms with Gasteiger partial charge in [0.1, 0.15) is 5.82 Å². The summed E-state index contributed by atoms with van der Waals surface area (Å²) < 4.78 is 0. The molecule has 0 saturated carbocycles. The molecule has 1 aliphatic heterocycles. The van der Waals surface area contributed by atoms with Gasteiger partial charge < -0.3 is 10.6 Å². The summed E-state index contributed by atoms with van der Waals surface area (Å²) in [6, 6.07) is 0. The van der Waals surface area contributed by atoms with Gasteiger partial charge in [0.2, 0.25) is 0 Å². The first-order valence-corrected chi connectivity index (χ1v) is 6.92. The predicted molar refractivity (Wildman–Crippen MR) is 74.2 cm³/mol. The molecule has 1 saturated heterocycles. The van der Waals surface area contributed by atoms with Crippen LogP contribution < -0.4 is 5.73 Å². The molecule has 0 aliphatic carbocycles. The maximum atomic E-state index is 12.4. The van der Waals surface area contributed by atoms with E-state index in [1.807, 2.05) is 13.8 Å². The summed E-state index contributed by atoms with van der Waals surface area (Å²) in [4.78, 5) is 22.6. The minimum absolute atomic E-state index is 0.120. The number of carbonyl (C=O) groups excluding carboxylic acids is 1. The zero-order chi connectivity index (χ0) is 14.0. The predicted octanol–water partition coefficient (Wildman–Crippen LogP) is 1.67. The third-order valence-electron chi connectivity index (χ3n) is 3.39. The number of carbonyl (C=O) groups is 1. The Balaban J connectivity index is 2.21. The number of halogens is 1. The van der Waals surface area contributed by atoms with Gasteiger partial charge in [-0.3, -0.25) is 4.79 Å². The van der Waals surface area contributed by atoms with Crippen LogP contribution in [0.2, 0.25) is 5.02 Å². The van der Waals surface area contributed by atoms with Crippen molar-refractivity contribution in [1.29, 1.82) is 0 Å². The number of nitrogens with two attached hydrogens (primary N) is 1. The van der Waals surface area contributed by atoms with Crippen LogP contribution in [0.25, 0.3) is 0 Å². The number of aromatic nitrogens is 2. The van der Waals surface area contributed by atoms with E-state index in [1.165, 1.54) is 6.20 Å². The van der Waals surface area contributed by atoms with Crippen molar-refractivity contribution in [1.82, 2.24) is 14.9 Å². The quantitative estimate of drug-likeness (QED) is 0.915. The van der Waals surface area contributed by atoms with Crippen molar-refractivity contribution in [3.05, 3.63) is 22.7 Å². The van der Waals surface area contributed by atoms with E-state index in [0.29, 0.717) is 35.5 Å². The monoisotopic (exact) mass is 282 g/mol. The van der Waals surface area contributed by atoms with Crippen molar-refractivity contribution in [2.24, 2.45) is 11.7 Å². The Morgan fingerprint density at radius 1 is 1.63 bits per heavy atom. The Bertz CT molecular complexity index is 478. The molecule has 1 fully saturated rings. The Hall–Kier alpha value is -1.20. The maximum absolute atomic E-state index is 12.4. The maximum Gasteiger partial charge on any atom is 0.274 e. The molecular formula is C13H19ClN4O. The third kappa shape index (κ3) is 3.04. The number of hydrogen-bond acceptors (Lipinski definition) is 4. The molecule has 2 heterocycles. The molecule has 6 heteroatoms. The summed E-state index contributed by atoms with van der Waals surface area (Å²) in [6.45, 7) is 5.98. The highest BCUT2D eigenvalue weighted by Crippen LogP contribution is 2.22. The molecule has 0 spiro atoms. The van der Waals surface area contributed by atoms with E-state index in [9.17, 15) is 4.79 Å². The van der Waals surface area contributed by atoms with Gasteiger partial charge in [-0.25, -0.2) is 9.97 Å².